The molecule has 1 saturated heterocycles. The smallest absolute Gasteiger partial charge is 0.106 e. The van der Waals surface area contributed by atoms with E-state index >= 15 is 0 Å². The van der Waals surface area contributed by atoms with E-state index in [1.54, 1.807) is 0 Å². The maximum Gasteiger partial charge on any atom is 0.106 e. The van der Waals surface area contributed by atoms with Crippen molar-refractivity contribution in [2.24, 2.45) is 0 Å². The van der Waals surface area contributed by atoms with Crippen LogP contribution in [0.2, 0.25) is 0 Å². The highest BCUT2D eigenvalue weighted by atomic mass is 79.9. The van der Waals surface area contributed by atoms with Crippen molar-refractivity contribution >= 4 is 28.3 Å². The van der Waals surface area contributed by atoms with Crippen molar-refractivity contribution in [1.29, 1.82) is 0 Å². The highest BCUT2D eigenvalue weighted by molar-refractivity contribution is 9.10. The van der Waals surface area contributed by atoms with E-state index in [1.807, 2.05) is 12.3 Å². The van der Waals surface area contributed by atoms with E-state index in [0.717, 1.165) is 17.7 Å². The van der Waals surface area contributed by atoms with E-state index < -0.39 is 0 Å². The largest absolute Gasteiger partial charge is 0.313 e. The summed E-state index contributed by atoms with van der Waals surface area (Å²) in [5, 5.41) is 7.00. The molecule has 0 spiro atoms. The van der Waals surface area contributed by atoms with Crippen molar-refractivity contribution in [2.75, 3.05) is 13.1 Å². The van der Waals surface area contributed by atoms with Crippen molar-refractivity contribution in [3.8, 4) is 0 Å². The lowest BCUT2D eigenvalue weighted by atomic mass is 10.1. The Morgan fingerprint density at radius 3 is 2.94 bits per heavy atom. The summed E-state index contributed by atoms with van der Waals surface area (Å²) in [6.07, 6.45) is 5.89. The molecule has 0 aromatic carbocycles. The van der Waals surface area contributed by atoms with Crippen molar-refractivity contribution in [2.45, 2.75) is 31.8 Å². The standard InChI is InChI=1S/C12H18BrN3.ClH/c13-12-5-4-10(8-16-12)7-14-9-11-3-1-2-6-15-11;/h4-5,8,11,14-15H,1-3,6-7,9H2;1H. The summed E-state index contributed by atoms with van der Waals surface area (Å²) in [5.41, 5.74) is 1.24. The summed E-state index contributed by atoms with van der Waals surface area (Å²) < 4.78 is 0.894. The molecule has 1 aliphatic rings. The zero-order chi connectivity index (χ0) is 11.2. The zero-order valence-electron chi connectivity index (χ0n) is 9.79. The minimum atomic E-state index is 0. The number of aromatic nitrogens is 1. The van der Waals surface area contributed by atoms with Gasteiger partial charge in [-0.25, -0.2) is 4.98 Å². The normalized spacial score (nSPS) is 19.7. The van der Waals surface area contributed by atoms with E-state index in [1.165, 1.54) is 31.4 Å². The van der Waals surface area contributed by atoms with Gasteiger partial charge in [-0.2, -0.15) is 0 Å². The molecule has 96 valence electrons. The number of rotatable bonds is 4. The van der Waals surface area contributed by atoms with E-state index in [4.69, 9.17) is 0 Å². The monoisotopic (exact) mass is 319 g/mol. The molecule has 0 radical (unpaired) electrons. The van der Waals surface area contributed by atoms with Gasteiger partial charge in [0.15, 0.2) is 0 Å². The van der Waals surface area contributed by atoms with Crippen LogP contribution in [0.1, 0.15) is 24.8 Å². The van der Waals surface area contributed by atoms with Crippen LogP contribution in [-0.2, 0) is 6.54 Å². The Morgan fingerprint density at radius 1 is 1.41 bits per heavy atom. The highest BCUT2D eigenvalue weighted by Gasteiger charge is 2.11. The van der Waals surface area contributed by atoms with Crippen molar-refractivity contribution in [3.05, 3.63) is 28.5 Å². The molecule has 1 atom stereocenters. The van der Waals surface area contributed by atoms with Crippen LogP contribution in [0.15, 0.2) is 22.9 Å². The molecule has 0 aliphatic carbocycles. The summed E-state index contributed by atoms with van der Waals surface area (Å²) in [6, 6.07) is 4.73. The van der Waals surface area contributed by atoms with Gasteiger partial charge in [0.05, 0.1) is 0 Å². The first kappa shape index (κ1) is 14.9. The van der Waals surface area contributed by atoms with Crippen LogP contribution in [0.25, 0.3) is 0 Å². The molecule has 1 aliphatic heterocycles. The Hall–Kier alpha value is -0.160. The summed E-state index contributed by atoms with van der Waals surface area (Å²) in [7, 11) is 0. The molecule has 5 heteroatoms. The molecule has 1 aromatic rings. The van der Waals surface area contributed by atoms with E-state index in [2.05, 4.69) is 37.6 Å². The molecule has 1 aromatic heterocycles. The third-order valence-electron chi connectivity index (χ3n) is 2.92. The second-order valence-corrected chi connectivity index (χ2v) is 5.08. The van der Waals surface area contributed by atoms with Gasteiger partial charge in [-0.05, 0) is 46.9 Å². The molecule has 0 amide bonds. The van der Waals surface area contributed by atoms with Crippen LogP contribution in [0.5, 0.6) is 0 Å². The highest BCUT2D eigenvalue weighted by Crippen LogP contribution is 2.07. The molecular weight excluding hydrogens is 302 g/mol. The molecule has 0 bridgehead atoms. The summed E-state index contributed by atoms with van der Waals surface area (Å²) in [4.78, 5) is 4.21. The summed E-state index contributed by atoms with van der Waals surface area (Å²) in [6.45, 7) is 3.13. The number of hydrogen-bond acceptors (Lipinski definition) is 3. The second-order valence-electron chi connectivity index (χ2n) is 4.27. The van der Waals surface area contributed by atoms with Gasteiger partial charge < -0.3 is 10.6 Å². The molecule has 3 nitrogen and oxygen atoms in total. The quantitative estimate of drug-likeness (QED) is 0.837. The van der Waals surface area contributed by atoms with Gasteiger partial charge in [0.25, 0.3) is 0 Å². The van der Waals surface area contributed by atoms with E-state index in [-0.39, 0.29) is 12.4 Å². The third-order valence-corrected chi connectivity index (χ3v) is 3.39. The minimum Gasteiger partial charge on any atom is -0.313 e. The van der Waals surface area contributed by atoms with Crippen LogP contribution in [-0.4, -0.2) is 24.1 Å². The van der Waals surface area contributed by atoms with E-state index in [9.17, 15) is 0 Å². The fraction of sp³-hybridized carbons (Fsp3) is 0.583. The second kappa shape index (κ2) is 8.03. The predicted molar refractivity (Wildman–Crippen MR) is 76.5 cm³/mol. The molecule has 1 unspecified atom stereocenters. The molecule has 2 heterocycles. The first-order valence-electron chi connectivity index (χ1n) is 5.89. The van der Waals surface area contributed by atoms with Gasteiger partial charge in [0.2, 0.25) is 0 Å². The average Bonchev–Trinajstić information content (AvgIpc) is 2.33. The van der Waals surface area contributed by atoms with Crippen LogP contribution in [0.4, 0.5) is 0 Å². The van der Waals surface area contributed by atoms with Gasteiger partial charge in [0, 0.05) is 25.3 Å². The number of piperidine rings is 1. The van der Waals surface area contributed by atoms with E-state index in [0.29, 0.717) is 6.04 Å². The Morgan fingerprint density at radius 2 is 2.29 bits per heavy atom. The summed E-state index contributed by atoms with van der Waals surface area (Å²) >= 11 is 3.33. The number of halogens is 2. The third kappa shape index (κ3) is 5.34. The first-order valence-corrected chi connectivity index (χ1v) is 6.68. The maximum absolute atomic E-state index is 4.21. The number of pyridine rings is 1. The Labute approximate surface area is 117 Å². The van der Waals surface area contributed by atoms with Gasteiger partial charge in [-0.15, -0.1) is 12.4 Å². The molecule has 1 fully saturated rings. The molecule has 2 N–H and O–H groups in total. The number of hydrogen-bond donors (Lipinski definition) is 2. The fourth-order valence-electron chi connectivity index (χ4n) is 2.00. The average molecular weight is 321 g/mol. The van der Waals surface area contributed by atoms with Gasteiger partial charge in [-0.1, -0.05) is 12.5 Å². The summed E-state index contributed by atoms with van der Waals surface area (Å²) in [5.74, 6) is 0. The van der Waals surface area contributed by atoms with Crippen LogP contribution in [0.3, 0.4) is 0 Å². The Kier molecular flexibility index (Phi) is 7.04. The molecular formula is C12H19BrClN3. The lowest BCUT2D eigenvalue weighted by molar-refractivity contribution is 0.383. The van der Waals surface area contributed by atoms with Crippen molar-refractivity contribution in [3.63, 3.8) is 0 Å². The topological polar surface area (TPSA) is 37.0 Å². The maximum atomic E-state index is 4.21. The molecule has 2 rings (SSSR count). The van der Waals surface area contributed by atoms with Crippen LogP contribution < -0.4 is 10.6 Å². The van der Waals surface area contributed by atoms with Crippen molar-refractivity contribution in [1.82, 2.24) is 15.6 Å². The zero-order valence-corrected chi connectivity index (χ0v) is 12.2. The van der Waals surface area contributed by atoms with Crippen molar-refractivity contribution < 1.29 is 0 Å². The van der Waals surface area contributed by atoms with Gasteiger partial charge in [-0.3, -0.25) is 0 Å². The lowest BCUT2D eigenvalue weighted by Crippen LogP contribution is -2.41. The van der Waals surface area contributed by atoms with Gasteiger partial charge in [0.1, 0.15) is 4.60 Å². The number of nitrogens with zero attached hydrogens (tertiary/aromatic N) is 1. The van der Waals surface area contributed by atoms with Crippen LogP contribution >= 0.6 is 28.3 Å². The molecule has 0 saturated carbocycles. The lowest BCUT2D eigenvalue weighted by Gasteiger charge is -2.23. The van der Waals surface area contributed by atoms with Crippen LogP contribution in [0, 0.1) is 0 Å². The minimum absolute atomic E-state index is 0. The molecule has 17 heavy (non-hydrogen) atoms. The first-order chi connectivity index (χ1) is 7.84. The predicted octanol–water partition coefficient (Wildman–Crippen LogP) is 2.50. The Bertz CT molecular complexity index is 312. The van der Waals surface area contributed by atoms with Gasteiger partial charge >= 0.3 is 0 Å². The SMILES string of the molecule is Brc1ccc(CNCC2CCCCN2)cn1.Cl. The fourth-order valence-corrected chi connectivity index (χ4v) is 2.23. The number of nitrogens with one attached hydrogen (secondary N) is 2. The Balaban J connectivity index is 0.00000144.